The standard InChI is InChI=1S/C24H35N7O/c1-30(2)22-20-8-3-4-9-21(20)28-24(29-22)27-17-10-12-18(13-11-17)31(23(26)32)19-7-5-6-16(14-19)15-25/h5-7,14,17-18H,3-4,8-13,15,25H2,1-2H3,(H2,26,32)(H,27,28,29). The van der Waals surface area contributed by atoms with Crippen LogP contribution < -0.4 is 26.6 Å². The van der Waals surface area contributed by atoms with Gasteiger partial charge in [-0.05, 0) is 69.1 Å². The number of fused-ring (bicyclic) bond motifs is 1. The van der Waals surface area contributed by atoms with Crippen LogP contribution in [0.2, 0.25) is 0 Å². The molecule has 32 heavy (non-hydrogen) atoms. The Balaban J connectivity index is 1.44. The van der Waals surface area contributed by atoms with Crippen LogP contribution in [0.4, 0.5) is 22.2 Å². The van der Waals surface area contributed by atoms with E-state index in [4.69, 9.17) is 21.4 Å². The number of primary amides is 1. The average molecular weight is 438 g/mol. The maximum Gasteiger partial charge on any atom is 0.319 e. The first-order chi connectivity index (χ1) is 15.5. The Hall–Kier alpha value is -2.87. The number of amides is 2. The minimum Gasteiger partial charge on any atom is -0.362 e. The molecule has 8 nitrogen and oxygen atoms in total. The molecule has 1 aromatic heterocycles. The Labute approximate surface area is 190 Å². The number of urea groups is 1. The van der Waals surface area contributed by atoms with Gasteiger partial charge in [0.25, 0.3) is 0 Å². The van der Waals surface area contributed by atoms with Gasteiger partial charge in [0.1, 0.15) is 5.82 Å². The Morgan fingerprint density at radius 3 is 2.56 bits per heavy atom. The molecule has 1 fully saturated rings. The first-order valence-electron chi connectivity index (χ1n) is 11.7. The molecule has 0 radical (unpaired) electrons. The summed E-state index contributed by atoms with van der Waals surface area (Å²) in [6.45, 7) is 0.437. The molecule has 172 valence electrons. The Morgan fingerprint density at radius 2 is 1.88 bits per heavy atom. The highest BCUT2D eigenvalue weighted by Gasteiger charge is 2.30. The quantitative estimate of drug-likeness (QED) is 0.640. The Morgan fingerprint density at radius 1 is 1.12 bits per heavy atom. The molecule has 2 amide bonds. The van der Waals surface area contributed by atoms with Crippen molar-refractivity contribution < 1.29 is 4.79 Å². The first kappa shape index (κ1) is 22.3. The summed E-state index contributed by atoms with van der Waals surface area (Å²) < 4.78 is 0. The van der Waals surface area contributed by atoms with Crippen LogP contribution in [0, 0.1) is 0 Å². The number of rotatable bonds is 6. The number of aryl methyl sites for hydroxylation is 1. The number of hydrogen-bond acceptors (Lipinski definition) is 6. The zero-order valence-corrected chi connectivity index (χ0v) is 19.2. The third-order valence-corrected chi connectivity index (χ3v) is 6.64. The molecule has 2 aliphatic rings. The van der Waals surface area contributed by atoms with E-state index in [9.17, 15) is 4.79 Å². The summed E-state index contributed by atoms with van der Waals surface area (Å²) in [6, 6.07) is 7.73. The Kier molecular flexibility index (Phi) is 6.79. The lowest BCUT2D eigenvalue weighted by molar-refractivity contribution is 0.248. The van der Waals surface area contributed by atoms with Crippen molar-refractivity contribution in [1.29, 1.82) is 0 Å². The second kappa shape index (κ2) is 9.73. The molecule has 5 N–H and O–H groups in total. The van der Waals surface area contributed by atoms with E-state index in [0.29, 0.717) is 6.54 Å². The van der Waals surface area contributed by atoms with E-state index >= 15 is 0 Å². The summed E-state index contributed by atoms with van der Waals surface area (Å²) in [5.74, 6) is 1.76. The summed E-state index contributed by atoms with van der Waals surface area (Å²) in [5.41, 5.74) is 15.9. The molecule has 1 saturated carbocycles. The lowest BCUT2D eigenvalue weighted by Gasteiger charge is -2.36. The smallest absolute Gasteiger partial charge is 0.319 e. The van der Waals surface area contributed by atoms with Crippen molar-refractivity contribution in [1.82, 2.24) is 9.97 Å². The van der Waals surface area contributed by atoms with E-state index < -0.39 is 6.03 Å². The van der Waals surface area contributed by atoms with E-state index in [0.717, 1.165) is 61.5 Å². The molecule has 2 aliphatic carbocycles. The molecule has 0 spiro atoms. The highest BCUT2D eigenvalue weighted by atomic mass is 16.2. The molecular weight excluding hydrogens is 402 g/mol. The monoisotopic (exact) mass is 437 g/mol. The van der Waals surface area contributed by atoms with Crippen LogP contribution in [-0.2, 0) is 19.4 Å². The van der Waals surface area contributed by atoms with Crippen LogP contribution >= 0.6 is 0 Å². The predicted molar refractivity (Wildman–Crippen MR) is 129 cm³/mol. The fourth-order valence-electron chi connectivity index (χ4n) is 5.02. The van der Waals surface area contributed by atoms with Gasteiger partial charge in [-0.15, -0.1) is 0 Å². The van der Waals surface area contributed by atoms with Crippen LogP contribution in [0.25, 0.3) is 0 Å². The summed E-state index contributed by atoms with van der Waals surface area (Å²) in [5, 5.41) is 3.57. The minimum atomic E-state index is -0.413. The largest absolute Gasteiger partial charge is 0.362 e. The fraction of sp³-hybridized carbons (Fsp3) is 0.542. The first-order valence-corrected chi connectivity index (χ1v) is 11.7. The highest BCUT2D eigenvalue weighted by Crippen LogP contribution is 2.31. The van der Waals surface area contributed by atoms with Crippen molar-refractivity contribution in [2.45, 2.75) is 70.0 Å². The molecule has 0 saturated heterocycles. The summed E-state index contributed by atoms with van der Waals surface area (Å²) in [6.07, 6.45) is 8.09. The van der Waals surface area contributed by atoms with Crippen molar-refractivity contribution >= 4 is 23.5 Å². The molecule has 0 bridgehead atoms. The number of nitrogens with one attached hydrogen (secondary N) is 1. The van der Waals surface area contributed by atoms with E-state index in [2.05, 4.69) is 10.2 Å². The summed E-state index contributed by atoms with van der Waals surface area (Å²) in [7, 11) is 4.09. The third-order valence-electron chi connectivity index (χ3n) is 6.64. The molecule has 4 rings (SSSR count). The van der Waals surface area contributed by atoms with Crippen LogP contribution in [0.3, 0.4) is 0 Å². The highest BCUT2D eigenvalue weighted by molar-refractivity contribution is 5.91. The Bertz CT molecular complexity index is 953. The molecule has 0 unspecified atom stereocenters. The van der Waals surface area contributed by atoms with Gasteiger partial charge in [-0.25, -0.2) is 9.78 Å². The zero-order chi connectivity index (χ0) is 22.7. The van der Waals surface area contributed by atoms with Crippen molar-refractivity contribution in [3.8, 4) is 0 Å². The molecule has 0 atom stereocenters. The normalized spacial score (nSPS) is 20.3. The molecule has 1 heterocycles. The van der Waals surface area contributed by atoms with Crippen LogP contribution in [0.15, 0.2) is 24.3 Å². The lowest BCUT2D eigenvalue weighted by Crippen LogP contribution is -2.47. The number of anilines is 3. The van der Waals surface area contributed by atoms with Gasteiger partial charge < -0.3 is 21.7 Å². The minimum absolute atomic E-state index is 0.0837. The second-order valence-electron chi connectivity index (χ2n) is 9.13. The number of nitrogens with zero attached hydrogens (tertiary/aromatic N) is 4. The number of hydrogen-bond donors (Lipinski definition) is 3. The van der Waals surface area contributed by atoms with Crippen molar-refractivity contribution in [3.63, 3.8) is 0 Å². The van der Waals surface area contributed by atoms with E-state index in [1.807, 2.05) is 38.4 Å². The van der Waals surface area contributed by atoms with Gasteiger partial charge in [-0.1, -0.05) is 12.1 Å². The summed E-state index contributed by atoms with van der Waals surface area (Å²) >= 11 is 0. The number of aromatic nitrogens is 2. The van der Waals surface area contributed by atoms with Crippen LogP contribution in [-0.4, -0.2) is 42.2 Å². The van der Waals surface area contributed by atoms with Crippen LogP contribution in [0.5, 0.6) is 0 Å². The maximum absolute atomic E-state index is 12.3. The number of carbonyl (C=O) groups excluding carboxylic acids is 1. The van der Waals surface area contributed by atoms with Gasteiger partial charge in [0.15, 0.2) is 0 Å². The molecule has 0 aliphatic heterocycles. The SMILES string of the molecule is CN(C)c1nc(NC2CCC(N(C(N)=O)c3cccc(CN)c3)CC2)nc2c1CCCC2. The van der Waals surface area contributed by atoms with Gasteiger partial charge in [-0.3, -0.25) is 4.90 Å². The molecular formula is C24H35N7O. The predicted octanol–water partition coefficient (Wildman–Crippen LogP) is 3.19. The van der Waals surface area contributed by atoms with E-state index in [1.54, 1.807) is 4.90 Å². The topological polar surface area (TPSA) is 113 Å². The van der Waals surface area contributed by atoms with Crippen molar-refractivity contribution in [3.05, 3.63) is 41.1 Å². The van der Waals surface area contributed by atoms with E-state index in [-0.39, 0.29) is 12.1 Å². The lowest BCUT2D eigenvalue weighted by atomic mass is 9.90. The molecule has 2 aromatic rings. The zero-order valence-electron chi connectivity index (χ0n) is 19.2. The van der Waals surface area contributed by atoms with E-state index in [1.165, 1.54) is 24.1 Å². The van der Waals surface area contributed by atoms with Gasteiger partial charge >= 0.3 is 6.03 Å². The van der Waals surface area contributed by atoms with Gasteiger partial charge in [-0.2, -0.15) is 4.98 Å². The molecule has 1 aromatic carbocycles. The average Bonchev–Trinajstić information content (AvgIpc) is 2.79. The fourth-order valence-corrected chi connectivity index (χ4v) is 5.02. The number of carbonyl (C=O) groups is 1. The van der Waals surface area contributed by atoms with Gasteiger partial charge in [0, 0.05) is 44.0 Å². The number of nitrogens with two attached hydrogens (primary N) is 2. The van der Waals surface area contributed by atoms with Gasteiger partial charge in [0.2, 0.25) is 5.95 Å². The second-order valence-corrected chi connectivity index (χ2v) is 9.13. The molecule has 8 heteroatoms. The van der Waals surface area contributed by atoms with Crippen LogP contribution in [0.1, 0.15) is 55.3 Å². The van der Waals surface area contributed by atoms with Gasteiger partial charge in [0.05, 0.1) is 5.69 Å². The van der Waals surface area contributed by atoms with Crippen molar-refractivity contribution in [2.75, 3.05) is 29.2 Å². The third kappa shape index (κ3) is 4.80. The summed E-state index contributed by atoms with van der Waals surface area (Å²) in [4.78, 5) is 25.8. The maximum atomic E-state index is 12.3. The van der Waals surface area contributed by atoms with Crippen molar-refractivity contribution in [2.24, 2.45) is 11.5 Å². The number of benzene rings is 1.